The topological polar surface area (TPSA) is 366 Å². The van der Waals surface area contributed by atoms with Crippen molar-refractivity contribution < 1.29 is 77.2 Å². The number of hydrogen-bond donors (Lipinski definition) is 0. The fourth-order valence-corrected chi connectivity index (χ4v) is 12.2. The first kappa shape index (κ1) is 112. The monoisotopic (exact) mass is 2110 g/mol. The van der Waals surface area contributed by atoms with Crippen molar-refractivity contribution in [2.45, 2.75) is 118 Å². The van der Waals surface area contributed by atoms with Gasteiger partial charge in [-0.3, -0.25) is 90.5 Å². The summed E-state index contributed by atoms with van der Waals surface area (Å²) in [6.07, 6.45) is 0. The Morgan fingerprint density at radius 1 is 0.250 bits per heavy atom. The molecule has 0 amide bonds. The normalized spacial score (nSPS) is 11.7. The van der Waals surface area contributed by atoms with E-state index >= 15 is 0 Å². The Morgan fingerprint density at radius 3 is 0.750 bits per heavy atom. The molecule has 27 nitrogen and oxygen atoms in total. The quantitative estimate of drug-likeness (QED) is 0.0279. The number of non-ortho nitro benzene ring substituents is 3. The Kier molecular flexibility index (Phi) is 48.7. The van der Waals surface area contributed by atoms with Gasteiger partial charge in [-0.15, -0.1) is 0 Å². The average molecular weight is 2110 g/mol. The van der Waals surface area contributed by atoms with E-state index in [1.165, 1.54) is 54.1 Å². The summed E-state index contributed by atoms with van der Waals surface area (Å²) in [4.78, 5) is 109. The molecule has 0 aliphatic rings. The van der Waals surface area contributed by atoms with E-state index in [1.54, 1.807) is 102 Å². The Bertz CT molecular complexity index is 6050. The van der Waals surface area contributed by atoms with E-state index in [1.807, 2.05) is 139 Å². The molecule has 0 saturated carbocycles. The summed E-state index contributed by atoms with van der Waals surface area (Å²) in [6, 6.07) is 67.8. The Balaban J connectivity index is 0.000000299. The molecule has 0 aliphatic carbocycles. The van der Waals surface area contributed by atoms with Crippen LogP contribution in [0.15, 0.2) is 270 Å². The number of aliphatic imine (C=N–C) groups is 8. The standard InChI is InChI=1S/C24H24N4O2.2C23H21N5O4.C23H23N3.8ClH.4Fe/c1-15-13-16(2)24(17(3)14-15)26-19(5)23-8-6-7-22(27-23)18(4)25-20-9-11-21(12-10-20)28(29)30;1-14-18(8-6-12-22(14)27(29)30)24-16(3)20-10-5-11-21(26-20)17(4)25-19-9-7-13-23(15(19)2)28(31)32;1-14-12-18(27(29)30)8-10-20(14)24-16(3)22-6-5-7-23(26-22)17(4)25-21-11-9-19(28(31)32)13-15(21)2;1-16-10-5-7-12-20(16)24-18(3)22-14-9-15-23(26-22)19(4)25-21-13-8-6-11-17(21)2;;;;;;;;;;;;/h6-14H,1-5H3;2*5-13H,1-4H3;5-15H,1-4H3;8*1H;;;;/q;;;;;;;;;;;;4*+2/p-8. The van der Waals surface area contributed by atoms with Crippen molar-refractivity contribution in [2.75, 3.05) is 0 Å². The van der Waals surface area contributed by atoms with Crippen molar-refractivity contribution in [1.29, 1.82) is 0 Å². The summed E-state index contributed by atoms with van der Waals surface area (Å²) in [7, 11) is 38.1. The van der Waals surface area contributed by atoms with Crippen molar-refractivity contribution >= 4 is 200 Å². The van der Waals surface area contributed by atoms with Gasteiger partial charge in [-0.25, -0.2) is 19.9 Å². The third-order valence-corrected chi connectivity index (χ3v) is 18.9. The minimum absolute atomic E-state index is 0.0102. The molecule has 0 aliphatic heterocycles. The third kappa shape index (κ3) is 35.9. The number of nitrogens with zero attached hydrogens (tertiary/aromatic N) is 17. The first-order chi connectivity index (χ1) is 62.8. The van der Waals surface area contributed by atoms with Crippen LogP contribution in [0, 0.1) is 113 Å². The van der Waals surface area contributed by atoms with Gasteiger partial charge in [0.05, 0.1) is 172 Å². The van der Waals surface area contributed by atoms with Crippen LogP contribution in [0.4, 0.5) is 73.9 Å². The third-order valence-electron chi connectivity index (χ3n) is 18.9. The van der Waals surface area contributed by atoms with Crippen molar-refractivity contribution in [3.8, 4) is 0 Å². The van der Waals surface area contributed by atoms with Gasteiger partial charge >= 0.3 is 133 Å². The first-order valence-electron chi connectivity index (χ1n) is 39.0. The number of pyridine rings is 4. The molecule has 0 fully saturated rings. The molecule has 4 heterocycles. The summed E-state index contributed by atoms with van der Waals surface area (Å²) in [5.74, 6) is 0. The van der Waals surface area contributed by atoms with E-state index in [-0.39, 0.29) is 81.0 Å². The minimum atomic E-state index is -0.437. The van der Waals surface area contributed by atoms with Crippen LogP contribution >= 0.6 is 80.8 Å². The van der Waals surface area contributed by atoms with Gasteiger partial charge in [-0.1, -0.05) is 90.5 Å². The van der Waals surface area contributed by atoms with Gasteiger partial charge in [-0.05, 0) is 248 Å². The van der Waals surface area contributed by atoms with Crippen molar-refractivity contribution in [3.63, 3.8) is 0 Å². The fourth-order valence-electron chi connectivity index (χ4n) is 12.2. The number of benzene rings is 8. The van der Waals surface area contributed by atoms with E-state index in [0.29, 0.717) is 96.3 Å². The molecule has 132 heavy (non-hydrogen) atoms. The number of nitro groups is 5. The first-order valence-corrected chi connectivity index (χ1v) is 51.1. The predicted octanol–water partition coefficient (Wildman–Crippen LogP) is 29.3. The number of nitro benzene ring substituents is 5. The molecule has 8 aromatic carbocycles. The zero-order valence-corrected chi connectivity index (χ0v) is 84.5. The molecule has 39 heteroatoms. The number of para-hydroxylation sites is 2. The summed E-state index contributed by atoms with van der Waals surface area (Å²) < 4.78 is 0. The van der Waals surface area contributed by atoms with Crippen molar-refractivity contribution in [1.82, 2.24) is 19.9 Å². The molecule has 0 saturated heterocycles. The van der Waals surface area contributed by atoms with Crippen LogP contribution in [0.2, 0.25) is 0 Å². The molecule has 0 bridgehead atoms. The van der Waals surface area contributed by atoms with Gasteiger partial charge in [-0.2, -0.15) is 0 Å². The molecule has 0 N–H and O–H groups in total. The molecule has 12 aromatic rings. The summed E-state index contributed by atoms with van der Waals surface area (Å²) >= 11 is 0.778. The molecular formula is C93H89Cl8Fe4N17O10. The summed E-state index contributed by atoms with van der Waals surface area (Å²) in [5.41, 5.74) is 25.7. The van der Waals surface area contributed by atoms with Gasteiger partial charge in [0.15, 0.2) is 0 Å². The zero-order chi connectivity index (χ0) is 98.0. The van der Waals surface area contributed by atoms with Gasteiger partial charge in [0.25, 0.3) is 28.4 Å². The number of aromatic nitrogens is 4. The zero-order valence-electron chi connectivity index (χ0n) is 74.1. The number of halogens is 8. The Morgan fingerprint density at radius 2 is 0.485 bits per heavy atom. The molecule has 0 unspecified atom stereocenters. The van der Waals surface area contributed by atoms with Crippen LogP contribution in [0.5, 0.6) is 0 Å². The van der Waals surface area contributed by atoms with E-state index in [9.17, 15) is 50.6 Å². The Hall–Kier alpha value is -10.9. The second-order valence-corrected chi connectivity index (χ2v) is 35.6. The average Bonchev–Trinajstić information content (AvgIpc) is 0.828. The maximum atomic E-state index is 11.2. The van der Waals surface area contributed by atoms with Crippen molar-refractivity contribution in [2.24, 2.45) is 39.9 Å². The second-order valence-electron chi connectivity index (χ2n) is 28.3. The van der Waals surface area contributed by atoms with Gasteiger partial charge < -0.3 is 0 Å². The molecule has 0 radical (unpaired) electrons. The van der Waals surface area contributed by atoms with Crippen LogP contribution in [0.3, 0.4) is 0 Å². The predicted molar refractivity (Wildman–Crippen MR) is 526 cm³/mol. The van der Waals surface area contributed by atoms with E-state index in [0.717, 1.165) is 84.9 Å². The molecule has 4 aromatic heterocycles. The second kappa shape index (κ2) is 57.5. The summed E-state index contributed by atoms with van der Waals surface area (Å²) in [5, 5.41) is 55.0. The number of hydrogen-bond acceptors (Lipinski definition) is 22. The SMILES string of the molecule is CC(=Nc1ccc([N+](=O)[O-])cc1)c1cccc(C(C)=Nc2c(C)cc(C)cc2C)n1.CC(=Nc1ccc([N+](=O)[O-])cc1C)c1cccc(C(C)=Nc2ccc([N+](=O)[O-])cc2C)n1.CC(=Nc1cccc([N+](=O)[O-])c1C)c1cccc(C(C)=Nc2cccc([N+](=O)[O-])c2C)n1.CC(=Nc1ccccc1C)c1cccc(C(C)=Nc2ccccc2C)n1.[Cl][Fe][Cl].[Cl][Fe][Cl].[Cl][Fe][Cl].[Cl][Fe][Cl]. The van der Waals surface area contributed by atoms with Crippen LogP contribution in [-0.4, -0.2) is 90.2 Å². The molecule has 0 atom stereocenters. The van der Waals surface area contributed by atoms with E-state index in [2.05, 4.69) is 93.8 Å². The molecule has 694 valence electrons. The summed E-state index contributed by atoms with van der Waals surface area (Å²) in [6.45, 7) is 32.2. The van der Waals surface area contributed by atoms with Crippen LogP contribution < -0.4 is 0 Å². The van der Waals surface area contributed by atoms with Gasteiger partial charge in [0.2, 0.25) is 0 Å². The van der Waals surface area contributed by atoms with E-state index in [4.69, 9.17) is 106 Å². The fraction of sp³-hybridized carbons (Fsp3) is 0.183. The van der Waals surface area contributed by atoms with Crippen molar-refractivity contribution in [3.05, 3.63) is 377 Å². The van der Waals surface area contributed by atoms with Crippen LogP contribution in [0.1, 0.15) is 151 Å². The number of rotatable bonds is 21. The maximum absolute atomic E-state index is 11.2. The van der Waals surface area contributed by atoms with Crippen LogP contribution in [0.25, 0.3) is 0 Å². The Labute approximate surface area is 824 Å². The van der Waals surface area contributed by atoms with Gasteiger partial charge in [0, 0.05) is 48.5 Å². The van der Waals surface area contributed by atoms with Crippen LogP contribution in [-0.2, 0) is 52.5 Å². The van der Waals surface area contributed by atoms with Gasteiger partial charge in [0.1, 0.15) is 0 Å². The molecular weight excluding hydrogens is 2020 g/mol. The van der Waals surface area contributed by atoms with E-state index < -0.39 is 24.6 Å². The molecule has 12 rings (SSSR count). The molecule has 0 spiro atoms. The number of aryl methyl sites for hydroxylation is 7.